The zero-order chi connectivity index (χ0) is 18.3. The van der Waals surface area contributed by atoms with Crippen molar-refractivity contribution >= 4 is 29.1 Å². The number of likely N-dealkylation sites (tertiary alicyclic amines) is 1. The lowest BCUT2D eigenvalue weighted by atomic mass is 10.1. The second-order valence-electron chi connectivity index (χ2n) is 6.99. The summed E-state index contributed by atoms with van der Waals surface area (Å²) >= 11 is 12.4. The molecule has 7 heteroatoms. The van der Waals surface area contributed by atoms with Crippen molar-refractivity contribution < 1.29 is 4.79 Å². The van der Waals surface area contributed by atoms with Crippen LogP contribution in [0.15, 0.2) is 18.2 Å². The Morgan fingerprint density at radius 3 is 2.92 bits per heavy atom. The molecule has 1 aromatic carbocycles. The highest BCUT2D eigenvalue weighted by Gasteiger charge is 2.34. The predicted molar refractivity (Wildman–Crippen MR) is 104 cm³/mol. The Labute approximate surface area is 163 Å². The summed E-state index contributed by atoms with van der Waals surface area (Å²) in [6.45, 7) is 1.62. The minimum atomic E-state index is 0.0461. The van der Waals surface area contributed by atoms with E-state index in [1.165, 1.54) is 0 Å². The second kappa shape index (κ2) is 7.22. The molecule has 0 spiro atoms. The molecule has 1 unspecified atom stereocenters. The number of benzene rings is 1. The van der Waals surface area contributed by atoms with Gasteiger partial charge in [-0.1, -0.05) is 23.2 Å². The summed E-state index contributed by atoms with van der Waals surface area (Å²) < 4.78 is 1.84. The minimum absolute atomic E-state index is 0.0461. The maximum absolute atomic E-state index is 13.2. The van der Waals surface area contributed by atoms with Gasteiger partial charge in [0, 0.05) is 35.4 Å². The number of nitrogens with zero attached hydrogens (tertiary/aromatic N) is 3. The number of carbonyl (C=O) groups is 1. The first kappa shape index (κ1) is 17.8. The maximum atomic E-state index is 13.2. The number of hydrogen-bond acceptors (Lipinski definition) is 3. The molecule has 0 radical (unpaired) electrons. The standard InChI is InChI=1S/C19H22Cl2N4O/c1-22-11-13-4-3-9-24(13)19(26)18-14-5-2-6-16(14)25(23-18)17-8-7-12(20)10-15(17)21/h7-8,10,13,22H,2-6,9,11H2,1H3. The van der Waals surface area contributed by atoms with Crippen LogP contribution in [-0.4, -0.2) is 46.8 Å². The number of fused-ring (bicyclic) bond motifs is 1. The van der Waals surface area contributed by atoms with Crippen LogP contribution < -0.4 is 5.32 Å². The summed E-state index contributed by atoms with van der Waals surface area (Å²) in [4.78, 5) is 15.2. The van der Waals surface area contributed by atoms with Gasteiger partial charge in [-0.2, -0.15) is 5.10 Å². The smallest absolute Gasteiger partial charge is 0.274 e. The first-order valence-corrected chi connectivity index (χ1v) is 9.87. The van der Waals surface area contributed by atoms with Crippen LogP contribution in [0.4, 0.5) is 0 Å². The van der Waals surface area contributed by atoms with Gasteiger partial charge in [-0.15, -0.1) is 0 Å². The largest absolute Gasteiger partial charge is 0.333 e. The third-order valence-corrected chi connectivity index (χ3v) is 5.89. The number of nitrogens with one attached hydrogen (secondary N) is 1. The van der Waals surface area contributed by atoms with Gasteiger partial charge < -0.3 is 10.2 Å². The Kier molecular flexibility index (Phi) is 4.95. The van der Waals surface area contributed by atoms with Crippen molar-refractivity contribution in [1.29, 1.82) is 0 Å². The van der Waals surface area contributed by atoms with Crippen LogP contribution in [-0.2, 0) is 12.8 Å². The van der Waals surface area contributed by atoms with E-state index in [2.05, 4.69) is 5.32 Å². The lowest BCUT2D eigenvalue weighted by Crippen LogP contribution is -2.41. The van der Waals surface area contributed by atoms with E-state index in [1.54, 1.807) is 12.1 Å². The average molecular weight is 393 g/mol. The van der Waals surface area contributed by atoms with E-state index in [-0.39, 0.29) is 11.9 Å². The van der Waals surface area contributed by atoms with Gasteiger partial charge in [0.05, 0.1) is 10.7 Å². The highest BCUT2D eigenvalue weighted by Crippen LogP contribution is 2.33. The molecule has 1 atom stereocenters. The monoisotopic (exact) mass is 392 g/mol. The number of halogens is 2. The normalized spacial score (nSPS) is 19.2. The summed E-state index contributed by atoms with van der Waals surface area (Å²) in [5.41, 5.74) is 3.55. The summed E-state index contributed by atoms with van der Waals surface area (Å²) in [7, 11) is 1.93. The van der Waals surface area contributed by atoms with Crippen molar-refractivity contribution in [2.45, 2.75) is 38.1 Å². The van der Waals surface area contributed by atoms with Crippen molar-refractivity contribution in [2.75, 3.05) is 20.1 Å². The molecule has 1 aromatic heterocycles. The molecule has 1 fully saturated rings. The first-order chi connectivity index (χ1) is 12.6. The van der Waals surface area contributed by atoms with Gasteiger partial charge >= 0.3 is 0 Å². The van der Waals surface area contributed by atoms with Crippen LogP contribution >= 0.6 is 23.2 Å². The van der Waals surface area contributed by atoms with Crippen molar-refractivity contribution in [3.05, 3.63) is 45.2 Å². The SMILES string of the molecule is CNCC1CCCN1C(=O)c1nn(-c2ccc(Cl)cc2Cl)c2c1CCC2. The average Bonchev–Trinajstić information content (AvgIpc) is 3.31. The van der Waals surface area contributed by atoms with Crippen LogP contribution in [0.25, 0.3) is 5.69 Å². The Balaban J connectivity index is 1.73. The van der Waals surface area contributed by atoms with E-state index in [0.29, 0.717) is 15.7 Å². The lowest BCUT2D eigenvalue weighted by molar-refractivity contribution is 0.0729. The molecular formula is C19H22Cl2N4O. The van der Waals surface area contributed by atoms with Crippen LogP contribution in [0.1, 0.15) is 41.0 Å². The van der Waals surface area contributed by atoms with E-state index in [0.717, 1.165) is 62.1 Å². The van der Waals surface area contributed by atoms with Gasteiger partial charge in [0.2, 0.25) is 0 Å². The van der Waals surface area contributed by atoms with Crippen LogP contribution in [0.3, 0.4) is 0 Å². The van der Waals surface area contributed by atoms with Gasteiger partial charge in [0.25, 0.3) is 5.91 Å². The fourth-order valence-electron chi connectivity index (χ4n) is 4.15. The fourth-order valence-corrected chi connectivity index (χ4v) is 4.64. The van der Waals surface area contributed by atoms with Gasteiger partial charge in [-0.25, -0.2) is 4.68 Å². The zero-order valence-electron chi connectivity index (χ0n) is 14.8. The fraction of sp³-hybridized carbons (Fsp3) is 0.474. The lowest BCUT2D eigenvalue weighted by Gasteiger charge is -2.24. The molecule has 1 aliphatic carbocycles. The van der Waals surface area contributed by atoms with E-state index < -0.39 is 0 Å². The Hall–Kier alpha value is -1.56. The molecule has 26 heavy (non-hydrogen) atoms. The van der Waals surface area contributed by atoms with E-state index in [1.807, 2.05) is 22.7 Å². The molecule has 2 aromatic rings. The van der Waals surface area contributed by atoms with E-state index in [4.69, 9.17) is 28.3 Å². The maximum Gasteiger partial charge on any atom is 0.274 e. The Morgan fingerprint density at radius 2 is 2.15 bits per heavy atom. The third kappa shape index (κ3) is 3.02. The van der Waals surface area contributed by atoms with Gasteiger partial charge in [0.1, 0.15) is 0 Å². The topological polar surface area (TPSA) is 50.2 Å². The molecule has 1 amide bonds. The first-order valence-electron chi connectivity index (χ1n) is 9.12. The summed E-state index contributed by atoms with van der Waals surface area (Å²) in [6, 6.07) is 5.63. The van der Waals surface area contributed by atoms with Crippen molar-refractivity contribution in [3.63, 3.8) is 0 Å². The molecule has 1 saturated heterocycles. The van der Waals surface area contributed by atoms with Crippen LogP contribution in [0.2, 0.25) is 10.0 Å². The highest BCUT2D eigenvalue weighted by atomic mass is 35.5. The quantitative estimate of drug-likeness (QED) is 0.865. The highest BCUT2D eigenvalue weighted by molar-refractivity contribution is 6.35. The van der Waals surface area contributed by atoms with E-state index in [9.17, 15) is 4.79 Å². The molecule has 1 aliphatic heterocycles. The van der Waals surface area contributed by atoms with Crippen LogP contribution in [0.5, 0.6) is 0 Å². The molecule has 2 heterocycles. The van der Waals surface area contributed by atoms with Gasteiger partial charge in [-0.3, -0.25) is 4.79 Å². The van der Waals surface area contributed by atoms with E-state index >= 15 is 0 Å². The summed E-state index contributed by atoms with van der Waals surface area (Å²) in [5, 5.41) is 9.03. The number of amides is 1. The third-order valence-electron chi connectivity index (χ3n) is 5.35. The molecule has 138 valence electrons. The van der Waals surface area contributed by atoms with Crippen molar-refractivity contribution in [1.82, 2.24) is 20.0 Å². The molecular weight excluding hydrogens is 371 g/mol. The second-order valence-corrected chi connectivity index (χ2v) is 7.83. The minimum Gasteiger partial charge on any atom is -0.333 e. The molecule has 0 bridgehead atoms. The molecule has 4 rings (SSSR count). The summed E-state index contributed by atoms with van der Waals surface area (Å²) in [5.74, 6) is 0.0461. The number of rotatable bonds is 4. The zero-order valence-corrected chi connectivity index (χ0v) is 16.3. The predicted octanol–water partition coefficient (Wildman–Crippen LogP) is 3.49. The van der Waals surface area contributed by atoms with Crippen molar-refractivity contribution in [3.8, 4) is 5.69 Å². The number of hydrogen-bond donors (Lipinski definition) is 1. The number of aromatic nitrogens is 2. The van der Waals surface area contributed by atoms with Gasteiger partial charge in [-0.05, 0) is 57.4 Å². The van der Waals surface area contributed by atoms with Crippen molar-refractivity contribution in [2.24, 2.45) is 0 Å². The molecule has 0 saturated carbocycles. The molecule has 5 nitrogen and oxygen atoms in total. The molecule has 1 N–H and O–H groups in total. The number of likely N-dealkylation sites (N-methyl/N-ethyl adjacent to an activating group) is 1. The Bertz CT molecular complexity index is 848. The molecule has 2 aliphatic rings. The number of carbonyl (C=O) groups excluding carboxylic acids is 1. The van der Waals surface area contributed by atoms with Crippen LogP contribution in [0, 0.1) is 0 Å². The summed E-state index contributed by atoms with van der Waals surface area (Å²) in [6.07, 6.45) is 4.93. The van der Waals surface area contributed by atoms with Gasteiger partial charge in [0.15, 0.2) is 5.69 Å². The Morgan fingerprint density at radius 1 is 1.31 bits per heavy atom.